The number of pyridine rings is 1. The zero-order valence-corrected chi connectivity index (χ0v) is 10.9. The van der Waals surface area contributed by atoms with Crippen LogP contribution in [0, 0.1) is 0 Å². The molecule has 7 heteroatoms. The van der Waals surface area contributed by atoms with Crippen LogP contribution in [0.2, 0.25) is 5.15 Å². The molecule has 1 aliphatic rings. The molecule has 0 atom stereocenters. The number of carbonyl (C=O) groups is 1. The summed E-state index contributed by atoms with van der Waals surface area (Å²) in [5.74, 6) is -0.131. The number of halogens is 1. The van der Waals surface area contributed by atoms with Gasteiger partial charge in [-0.15, -0.1) is 0 Å². The summed E-state index contributed by atoms with van der Waals surface area (Å²) < 4.78 is 1.67. The molecule has 0 unspecified atom stereocenters. The van der Waals surface area contributed by atoms with E-state index in [2.05, 4.69) is 15.2 Å². The van der Waals surface area contributed by atoms with Crippen molar-refractivity contribution in [2.75, 3.05) is 5.01 Å². The number of amides is 1. The number of hydrogen-bond donors (Lipinski definition) is 0. The molecule has 3 rings (SSSR count). The summed E-state index contributed by atoms with van der Waals surface area (Å²) in [5.41, 5.74) is 2.00. The van der Waals surface area contributed by atoms with E-state index in [1.807, 2.05) is 13.2 Å². The van der Waals surface area contributed by atoms with E-state index in [9.17, 15) is 4.79 Å². The van der Waals surface area contributed by atoms with Crippen LogP contribution in [0.1, 0.15) is 12.0 Å². The first kappa shape index (κ1) is 11.9. The average Bonchev–Trinajstić information content (AvgIpc) is 2.96. The van der Waals surface area contributed by atoms with Crippen molar-refractivity contribution in [2.45, 2.75) is 6.42 Å². The van der Waals surface area contributed by atoms with E-state index in [-0.39, 0.29) is 17.5 Å². The van der Waals surface area contributed by atoms with Crippen molar-refractivity contribution < 1.29 is 4.79 Å². The smallest absolute Gasteiger partial charge is 0.253 e. The lowest BCUT2D eigenvalue weighted by Gasteiger charge is -2.11. The van der Waals surface area contributed by atoms with Crippen molar-refractivity contribution in [1.82, 2.24) is 14.8 Å². The van der Waals surface area contributed by atoms with Gasteiger partial charge in [0, 0.05) is 25.0 Å². The maximum absolute atomic E-state index is 12.0. The molecule has 0 N–H and O–H groups in total. The Morgan fingerprint density at radius 2 is 2.26 bits per heavy atom. The summed E-state index contributed by atoms with van der Waals surface area (Å²) in [6, 6.07) is 3.43. The lowest BCUT2D eigenvalue weighted by Crippen LogP contribution is -2.20. The van der Waals surface area contributed by atoms with Gasteiger partial charge in [-0.3, -0.25) is 9.48 Å². The molecular weight excluding hydrogens is 266 g/mol. The molecule has 0 bridgehead atoms. The number of anilines is 1. The Hall–Kier alpha value is -2.21. The Balaban J connectivity index is 1.98. The van der Waals surface area contributed by atoms with Gasteiger partial charge in [-0.25, -0.2) is 4.98 Å². The van der Waals surface area contributed by atoms with Crippen molar-refractivity contribution in [3.8, 4) is 0 Å². The van der Waals surface area contributed by atoms with E-state index in [0.717, 1.165) is 5.56 Å². The number of aromatic nitrogens is 3. The summed E-state index contributed by atoms with van der Waals surface area (Å²) in [4.78, 5) is 16.0. The van der Waals surface area contributed by atoms with Gasteiger partial charge in [-0.2, -0.15) is 15.2 Å². The molecule has 96 valence electrons. The SMILES string of the molecule is Cn1cc(C2=NN(c3cccnc3Cl)C(=O)C2)cn1. The fourth-order valence-electron chi connectivity index (χ4n) is 1.88. The molecule has 0 saturated carbocycles. The van der Waals surface area contributed by atoms with E-state index in [4.69, 9.17) is 11.6 Å². The maximum Gasteiger partial charge on any atom is 0.253 e. The Kier molecular flexibility index (Phi) is 2.79. The molecule has 0 fully saturated rings. The normalized spacial score (nSPS) is 14.9. The van der Waals surface area contributed by atoms with Crippen LogP contribution in [0.5, 0.6) is 0 Å². The lowest BCUT2D eigenvalue weighted by atomic mass is 10.2. The molecule has 1 amide bonds. The molecule has 3 heterocycles. The van der Waals surface area contributed by atoms with Crippen LogP contribution >= 0.6 is 11.6 Å². The zero-order chi connectivity index (χ0) is 13.4. The molecule has 0 saturated heterocycles. The molecule has 1 aliphatic heterocycles. The Morgan fingerprint density at radius 3 is 2.95 bits per heavy atom. The molecule has 0 spiro atoms. The second-order valence-corrected chi connectivity index (χ2v) is 4.50. The van der Waals surface area contributed by atoms with Gasteiger partial charge in [0.25, 0.3) is 5.91 Å². The minimum Gasteiger partial charge on any atom is -0.275 e. The van der Waals surface area contributed by atoms with Crippen molar-refractivity contribution >= 4 is 28.9 Å². The van der Waals surface area contributed by atoms with Gasteiger partial charge < -0.3 is 0 Å². The molecule has 2 aromatic heterocycles. The summed E-state index contributed by atoms with van der Waals surface area (Å²) in [6.45, 7) is 0. The fraction of sp³-hybridized carbons (Fsp3) is 0.167. The van der Waals surface area contributed by atoms with E-state index in [0.29, 0.717) is 11.4 Å². The standard InChI is InChI=1S/C12H10ClN5O/c1-17-7-8(6-15-17)9-5-11(19)18(16-9)10-3-2-4-14-12(10)13/h2-4,6-7H,5H2,1H3. The summed E-state index contributed by atoms with van der Waals surface area (Å²) in [7, 11) is 1.82. The van der Waals surface area contributed by atoms with E-state index < -0.39 is 0 Å². The Labute approximate surface area is 114 Å². The van der Waals surface area contributed by atoms with Gasteiger partial charge in [0.2, 0.25) is 0 Å². The third-order valence-corrected chi connectivity index (χ3v) is 3.07. The first-order valence-electron chi connectivity index (χ1n) is 5.65. The molecule has 2 aromatic rings. The predicted molar refractivity (Wildman–Crippen MR) is 71.1 cm³/mol. The second-order valence-electron chi connectivity index (χ2n) is 4.15. The largest absolute Gasteiger partial charge is 0.275 e. The van der Waals surface area contributed by atoms with Crippen LogP contribution in [0.25, 0.3) is 0 Å². The number of hydrogen-bond acceptors (Lipinski definition) is 4. The minimum atomic E-state index is -0.131. The highest BCUT2D eigenvalue weighted by Gasteiger charge is 2.28. The van der Waals surface area contributed by atoms with Gasteiger partial charge in [-0.1, -0.05) is 11.6 Å². The van der Waals surface area contributed by atoms with Crippen LogP contribution in [-0.4, -0.2) is 26.4 Å². The zero-order valence-electron chi connectivity index (χ0n) is 10.1. The van der Waals surface area contributed by atoms with Crippen LogP contribution in [-0.2, 0) is 11.8 Å². The summed E-state index contributed by atoms with van der Waals surface area (Å²) in [6.07, 6.45) is 5.30. The predicted octanol–water partition coefficient (Wildman–Crippen LogP) is 1.61. The molecule has 0 aromatic carbocycles. The molecule has 0 radical (unpaired) electrons. The van der Waals surface area contributed by atoms with Crippen molar-refractivity contribution in [3.05, 3.63) is 41.4 Å². The van der Waals surface area contributed by atoms with Gasteiger partial charge in [-0.05, 0) is 12.1 Å². The number of nitrogens with zero attached hydrogens (tertiary/aromatic N) is 5. The van der Waals surface area contributed by atoms with Crippen molar-refractivity contribution in [1.29, 1.82) is 0 Å². The summed E-state index contributed by atoms with van der Waals surface area (Å²) >= 11 is 5.98. The average molecular weight is 276 g/mol. The molecule has 0 aliphatic carbocycles. The summed E-state index contributed by atoms with van der Waals surface area (Å²) in [5, 5.41) is 9.92. The quantitative estimate of drug-likeness (QED) is 0.782. The lowest BCUT2D eigenvalue weighted by molar-refractivity contribution is -0.116. The van der Waals surface area contributed by atoms with E-state index >= 15 is 0 Å². The van der Waals surface area contributed by atoms with Gasteiger partial charge in [0.1, 0.15) is 5.69 Å². The number of rotatable bonds is 2. The van der Waals surface area contributed by atoms with Crippen molar-refractivity contribution in [2.24, 2.45) is 12.1 Å². The highest BCUT2D eigenvalue weighted by molar-refractivity contribution is 6.33. The van der Waals surface area contributed by atoms with Gasteiger partial charge in [0.05, 0.1) is 18.3 Å². The fourth-order valence-corrected chi connectivity index (χ4v) is 2.08. The van der Waals surface area contributed by atoms with Crippen LogP contribution < -0.4 is 5.01 Å². The first-order chi connectivity index (χ1) is 9.15. The number of hydrazone groups is 1. The topological polar surface area (TPSA) is 63.4 Å². The number of aryl methyl sites for hydroxylation is 1. The number of carbonyl (C=O) groups excluding carboxylic acids is 1. The van der Waals surface area contributed by atoms with E-state index in [1.54, 1.807) is 29.2 Å². The second kappa shape index (κ2) is 4.47. The van der Waals surface area contributed by atoms with Crippen LogP contribution in [0.15, 0.2) is 35.8 Å². The van der Waals surface area contributed by atoms with Gasteiger partial charge >= 0.3 is 0 Å². The third kappa shape index (κ3) is 2.10. The highest BCUT2D eigenvalue weighted by Crippen LogP contribution is 2.27. The first-order valence-corrected chi connectivity index (χ1v) is 6.03. The minimum absolute atomic E-state index is 0.131. The van der Waals surface area contributed by atoms with E-state index in [1.165, 1.54) is 5.01 Å². The molecule has 6 nitrogen and oxygen atoms in total. The highest BCUT2D eigenvalue weighted by atomic mass is 35.5. The van der Waals surface area contributed by atoms with Crippen molar-refractivity contribution in [3.63, 3.8) is 0 Å². The third-order valence-electron chi connectivity index (χ3n) is 2.78. The van der Waals surface area contributed by atoms with Crippen LogP contribution in [0.4, 0.5) is 5.69 Å². The van der Waals surface area contributed by atoms with Crippen LogP contribution in [0.3, 0.4) is 0 Å². The molecular formula is C12H10ClN5O. The monoisotopic (exact) mass is 275 g/mol. The van der Waals surface area contributed by atoms with Gasteiger partial charge in [0.15, 0.2) is 5.15 Å². The Bertz CT molecular complexity index is 678. The molecule has 19 heavy (non-hydrogen) atoms. The Morgan fingerprint density at radius 1 is 1.42 bits per heavy atom. The maximum atomic E-state index is 12.0.